The van der Waals surface area contributed by atoms with E-state index in [-0.39, 0.29) is 0 Å². The molecule has 3 heteroatoms. The fraction of sp³-hybridized carbons (Fsp3) is 0.909. The van der Waals surface area contributed by atoms with Crippen molar-refractivity contribution in [2.45, 2.75) is 51.5 Å². The van der Waals surface area contributed by atoms with Crippen LogP contribution in [0.25, 0.3) is 0 Å². The third-order valence-corrected chi connectivity index (χ3v) is 3.39. The van der Waals surface area contributed by atoms with Crippen LogP contribution in [0.4, 0.5) is 0 Å². The van der Waals surface area contributed by atoms with Crippen LogP contribution in [0.5, 0.6) is 0 Å². The molecule has 0 aliphatic carbocycles. The van der Waals surface area contributed by atoms with E-state index in [9.17, 15) is 9.90 Å². The van der Waals surface area contributed by atoms with Gasteiger partial charge in [0.05, 0.1) is 0 Å². The zero-order valence-electron chi connectivity index (χ0n) is 9.25. The van der Waals surface area contributed by atoms with Crippen molar-refractivity contribution in [1.82, 2.24) is 4.90 Å². The molecular weight excluding hydrogens is 178 g/mol. The topological polar surface area (TPSA) is 40.5 Å². The molecule has 1 N–H and O–H groups in total. The van der Waals surface area contributed by atoms with Crippen LogP contribution in [-0.4, -0.2) is 34.6 Å². The first kappa shape index (κ1) is 11.5. The summed E-state index contributed by atoms with van der Waals surface area (Å²) in [5, 5.41) is 9.29. The minimum atomic E-state index is -0.631. The van der Waals surface area contributed by atoms with Crippen molar-refractivity contribution in [3.63, 3.8) is 0 Å². The summed E-state index contributed by atoms with van der Waals surface area (Å²) >= 11 is 0. The van der Waals surface area contributed by atoms with Gasteiger partial charge < -0.3 is 5.11 Å². The fourth-order valence-corrected chi connectivity index (χ4v) is 2.40. The van der Waals surface area contributed by atoms with Gasteiger partial charge in [-0.25, -0.2) is 0 Å². The third kappa shape index (κ3) is 1.92. The summed E-state index contributed by atoms with van der Waals surface area (Å²) in [5.74, 6) is -0.631. The van der Waals surface area contributed by atoms with E-state index in [1.807, 2.05) is 6.92 Å². The Morgan fingerprint density at radius 1 is 1.50 bits per heavy atom. The third-order valence-electron chi connectivity index (χ3n) is 3.39. The Labute approximate surface area is 86.1 Å². The maximum Gasteiger partial charge on any atom is 0.324 e. The van der Waals surface area contributed by atoms with E-state index < -0.39 is 11.5 Å². The van der Waals surface area contributed by atoms with Gasteiger partial charge in [-0.1, -0.05) is 20.3 Å². The number of hydrogen-bond donors (Lipinski definition) is 1. The van der Waals surface area contributed by atoms with Crippen molar-refractivity contribution < 1.29 is 9.90 Å². The lowest BCUT2D eigenvalue weighted by molar-refractivity contribution is -0.150. The summed E-state index contributed by atoms with van der Waals surface area (Å²) in [4.78, 5) is 13.5. The maximum atomic E-state index is 11.3. The van der Waals surface area contributed by atoms with Gasteiger partial charge in [0, 0.05) is 0 Å². The molecule has 0 bridgehead atoms. The van der Waals surface area contributed by atoms with Gasteiger partial charge in [-0.2, -0.15) is 0 Å². The Morgan fingerprint density at radius 2 is 2.21 bits per heavy atom. The number of aliphatic carboxylic acids is 1. The first-order valence-corrected chi connectivity index (χ1v) is 5.66. The molecule has 1 rings (SSSR count). The summed E-state index contributed by atoms with van der Waals surface area (Å²) in [5.41, 5.74) is -0.546. The lowest BCUT2D eigenvalue weighted by atomic mass is 9.93. The molecule has 1 atom stereocenters. The number of hydrogen-bond acceptors (Lipinski definition) is 2. The largest absolute Gasteiger partial charge is 0.480 e. The predicted octanol–water partition coefficient (Wildman–Crippen LogP) is 2.12. The second-order valence-electron chi connectivity index (χ2n) is 4.13. The van der Waals surface area contributed by atoms with Crippen LogP contribution in [0.15, 0.2) is 0 Å². The SMILES string of the molecule is CCCCN1CCCC1(CC)C(=O)O. The zero-order valence-corrected chi connectivity index (χ0v) is 9.25. The average molecular weight is 199 g/mol. The molecule has 0 aromatic rings. The number of rotatable bonds is 5. The van der Waals surface area contributed by atoms with Crippen molar-refractivity contribution >= 4 is 5.97 Å². The van der Waals surface area contributed by atoms with Gasteiger partial charge in [0.15, 0.2) is 0 Å². The van der Waals surface area contributed by atoms with E-state index >= 15 is 0 Å². The Hall–Kier alpha value is -0.570. The Bertz CT molecular complexity index is 205. The molecule has 1 fully saturated rings. The van der Waals surface area contributed by atoms with E-state index in [4.69, 9.17) is 0 Å². The molecular formula is C11H21NO2. The van der Waals surface area contributed by atoms with Gasteiger partial charge in [0.25, 0.3) is 0 Å². The molecule has 1 saturated heterocycles. The molecule has 82 valence electrons. The number of nitrogens with zero attached hydrogens (tertiary/aromatic N) is 1. The van der Waals surface area contributed by atoms with Crippen LogP contribution in [0.3, 0.4) is 0 Å². The van der Waals surface area contributed by atoms with E-state index in [1.165, 1.54) is 0 Å². The summed E-state index contributed by atoms with van der Waals surface area (Å²) in [6, 6.07) is 0. The van der Waals surface area contributed by atoms with Gasteiger partial charge in [-0.05, 0) is 38.8 Å². The molecule has 0 aromatic heterocycles. The molecule has 1 aliphatic heterocycles. The number of likely N-dealkylation sites (tertiary alicyclic amines) is 1. The fourth-order valence-electron chi connectivity index (χ4n) is 2.40. The van der Waals surface area contributed by atoms with Crippen LogP contribution < -0.4 is 0 Å². The molecule has 1 unspecified atom stereocenters. The van der Waals surface area contributed by atoms with Gasteiger partial charge in [-0.3, -0.25) is 9.69 Å². The lowest BCUT2D eigenvalue weighted by Crippen LogP contribution is -2.50. The second kappa shape index (κ2) is 4.78. The van der Waals surface area contributed by atoms with Crippen LogP contribution in [0, 0.1) is 0 Å². The Morgan fingerprint density at radius 3 is 2.71 bits per heavy atom. The van der Waals surface area contributed by atoms with E-state index in [1.54, 1.807) is 0 Å². The smallest absolute Gasteiger partial charge is 0.324 e. The lowest BCUT2D eigenvalue weighted by Gasteiger charge is -2.33. The van der Waals surface area contributed by atoms with Crippen LogP contribution in [0.2, 0.25) is 0 Å². The standard InChI is InChI=1S/C11H21NO2/c1-3-5-8-12-9-6-7-11(12,4-2)10(13)14/h3-9H2,1-2H3,(H,13,14). The van der Waals surface area contributed by atoms with Gasteiger partial charge in [0.2, 0.25) is 0 Å². The van der Waals surface area contributed by atoms with Crippen molar-refractivity contribution in [2.24, 2.45) is 0 Å². The molecule has 0 spiro atoms. The number of carboxylic acid groups (broad SMARTS) is 1. The van der Waals surface area contributed by atoms with Crippen LogP contribution in [0.1, 0.15) is 46.0 Å². The van der Waals surface area contributed by atoms with Gasteiger partial charge >= 0.3 is 5.97 Å². The summed E-state index contributed by atoms with van der Waals surface area (Å²) < 4.78 is 0. The summed E-state index contributed by atoms with van der Waals surface area (Å²) in [6.07, 6.45) is 4.82. The quantitative estimate of drug-likeness (QED) is 0.737. The second-order valence-corrected chi connectivity index (χ2v) is 4.13. The van der Waals surface area contributed by atoms with Crippen molar-refractivity contribution in [3.8, 4) is 0 Å². The normalized spacial score (nSPS) is 28.1. The Kier molecular flexibility index (Phi) is 3.93. The van der Waals surface area contributed by atoms with Crippen molar-refractivity contribution in [2.75, 3.05) is 13.1 Å². The van der Waals surface area contributed by atoms with E-state index in [0.717, 1.165) is 45.2 Å². The van der Waals surface area contributed by atoms with Crippen LogP contribution in [-0.2, 0) is 4.79 Å². The molecule has 1 aliphatic rings. The monoisotopic (exact) mass is 199 g/mol. The molecule has 0 saturated carbocycles. The van der Waals surface area contributed by atoms with E-state index in [0.29, 0.717) is 0 Å². The summed E-state index contributed by atoms with van der Waals surface area (Å²) in [7, 11) is 0. The first-order chi connectivity index (χ1) is 6.67. The number of carbonyl (C=O) groups is 1. The molecule has 0 amide bonds. The average Bonchev–Trinajstić information content (AvgIpc) is 2.58. The predicted molar refractivity (Wildman–Crippen MR) is 56.4 cm³/mol. The summed E-state index contributed by atoms with van der Waals surface area (Å²) in [6.45, 7) is 6.03. The molecule has 0 aromatic carbocycles. The highest BCUT2D eigenvalue weighted by molar-refractivity contribution is 5.79. The zero-order chi connectivity index (χ0) is 10.6. The molecule has 0 radical (unpaired) electrons. The minimum absolute atomic E-state index is 0.546. The maximum absolute atomic E-state index is 11.3. The van der Waals surface area contributed by atoms with Crippen molar-refractivity contribution in [1.29, 1.82) is 0 Å². The molecule has 1 heterocycles. The van der Waals surface area contributed by atoms with Crippen LogP contribution >= 0.6 is 0 Å². The molecule has 14 heavy (non-hydrogen) atoms. The van der Waals surface area contributed by atoms with Crippen molar-refractivity contribution in [3.05, 3.63) is 0 Å². The minimum Gasteiger partial charge on any atom is -0.480 e. The number of carboxylic acids is 1. The highest BCUT2D eigenvalue weighted by atomic mass is 16.4. The first-order valence-electron chi connectivity index (χ1n) is 5.66. The molecule has 3 nitrogen and oxygen atoms in total. The Balaban J connectivity index is 2.67. The van der Waals surface area contributed by atoms with Gasteiger partial charge in [-0.15, -0.1) is 0 Å². The number of unbranched alkanes of at least 4 members (excludes halogenated alkanes) is 1. The van der Waals surface area contributed by atoms with E-state index in [2.05, 4.69) is 11.8 Å². The van der Waals surface area contributed by atoms with Gasteiger partial charge in [0.1, 0.15) is 5.54 Å². The highest BCUT2D eigenvalue weighted by Crippen LogP contribution is 2.32. The highest BCUT2D eigenvalue weighted by Gasteiger charge is 2.45.